The molecule has 0 saturated carbocycles. The molecule has 0 bridgehead atoms. The van der Waals surface area contributed by atoms with Gasteiger partial charge in [0.05, 0.1) is 11.5 Å². The van der Waals surface area contributed by atoms with E-state index in [1.54, 1.807) is 0 Å². The number of hydrogen-bond acceptors (Lipinski definition) is 6. The Labute approximate surface area is 126 Å². The van der Waals surface area contributed by atoms with Crippen LogP contribution in [0.3, 0.4) is 0 Å². The average Bonchev–Trinajstić information content (AvgIpc) is 2.69. The van der Waals surface area contributed by atoms with Crippen LogP contribution in [0.4, 0.5) is 11.6 Å². The quantitative estimate of drug-likeness (QED) is 0.878. The highest BCUT2D eigenvalue weighted by molar-refractivity contribution is 7.91. The zero-order chi connectivity index (χ0) is 15.8. The first-order valence-corrected chi connectivity index (χ1v) is 8.99. The number of nitrogen functional groups attached to an aromatic ring is 1. The number of rotatable bonds is 3. The van der Waals surface area contributed by atoms with Gasteiger partial charge in [-0.15, -0.1) is 0 Å². The molecule has 118 valence electrons. The topological polar surface area (TPSA) is 98.0 Å². The summed E-state index contributed by atoms with van der Waals surface area (Å²) >= 11 is 0. The minimum Gasteiger partial charge on any atom is -0.383 e. The Morgan fingerprint density at radius 2 is 2.00 bits per heavy atom. The van der Waals surface area contributed by atoms with Crippen LogP contribution in [-0.2, 0) is 15.3 Å². The zero-order valence-corrected chi connectivity index (χ0v) is 13.9. The third-order valence-electron chi connectivity index (χ3n) is 3.74. The normalized spacial score (nSPS) is 21.4. The summed E-state index contributed by atoms with van der Waals surface area (Å²) in [5.41, 5.74) is 6.58. The summed E-state index contributed by atoms with van der Waals surface area (Å²) in [5.74, 6) is 2.55. The predicted octanol–water partition coefficient (Wildman–Crippen LogP) is 1.51. The van der Waals surface area contributed by atoms with Crippen LogP contribution in [0.2, 0.25) is 0 Å². The van der Waals surface area contributed by atoms with Crippen molar-refractivity contribution in [2.75, 3.05) is 29.1 Å². The zero-order valence-electron chi connectivity index (χ0n) is 13.1. The summed E-state index contributed by atoms with van der Waals surface area (Å²) < 4.78 is 23.0. The standard InChI is InChI=1S/C14H24N4O2S/c1-9-11(15)17-13(14(2,3)4)18-12(9)16-7-10-5-6-21(19,20)8-10/h10H,5-8H2,1-4H3,(H3,15,16,17,18). The second-order valence-electron chi connectivity index (χ2n) is 6.81. The van der Waals surface area contributed by atoms with Gasteiger partial charge in [0.25, 0.3) is 0 Å². The molecule has 2 heterocycles. The van der Waals surface area contributed by atoms with Crippen LogP contribution in [0.5, 0.6) is 0 Å². The molecule has 0 amide bonds. The number of nitrogens with zero attached hydrogens (tertiary/aromatic N) is 2. The van der Waals surface area contributed by atoms with E-state index in [4.69, 9.17) is 5.73 Å². The van der Waals surface area contributed by atoms with Crippen LogP contribution in [0, 0.1) is 12.8 Å². The van der Waals surface area contributed by atoms with Gasteiger partial charge >= 0.3 is 0 Å². The first-order valence-electron chi connectivity index (χ1n) is 7.17. The van der Waals surface area contributed by atoms with Crippen LogP contribution >= 0.6 is 0 Å². The fourth-order valence-electron chi connectivity index (χ4n) is 2.32. The maximum atomic E-state index is 11.5. The van der Waals surface area contributed by atoms with Crippen molar-refractivity contribution >= 4 is 21.5 Å². The van der Waals surface area contributed by atoms with Gasteiger partial charge < -0.3 is 11.1 Å². The summed E-state index contributed by atoms with van der Waals surface area (Å²) in [6.45, 7) is 8.56. The first-order chi connectivity index (χ1) is 9.58. The first kappa shape index (κ1) is 16.0. The Morgan fingerprint density at radius 3 is 2.52 bits per heavy atom. The van der Waals surface area contributed by atoms with E-state index < -0.39 is 9.84 Å². The molecule has 1 fully saturated rings. The Kier molecular flexibility index (Phi) is 4.15. The molecule has 3 N–H and O–H groups in total. The van der Waals surface area contributed by atoms with E-state index in [0.717, 1.165) is 5.56 Å². The van der Waals surface area contributed by atoms with Gasteiger partial charge in [-0.25, -0.2) is 18.4 Å². The predicted molar refractivity (Wildman–Crippen MR) is 85.1 cm³/mol. The minimum absolute atomic E-state index is 0.142. The van der Waals surface area contributed by atoms with Crippen molar-refractivity contribution in [1.29, 1.82) is 0 Å². The molecule has 7 heteroatoms. The van der Waals surface area contributed by atoms with Gasteiger partial charge in [0.1, 0.15) is 17.5 Å². The maximum Gasteiger partial charge on any atom is 0.150 e. The number of aromatic nitrogens is 2. The van der Waals surface area contributed by atoms with E-state index in [-0.39, 0.29) is 22.8 Å². The molecule has 1 saturated heterocycles. The van der Waals surface area contributed by atoms with Gasteiger partial charge in [-0.1, -0.05) is 20.8 Å². The lowest BCUT2D eigenvalue weighted by Crippen LogP contribution is -2.21. The van der Waals surface area contributed by atoms with E-state index in [1.165, 1.54) is 0 Å². The summed E-state index contributed by atoms with van der Waals surface area (Å²) in [4.78, 5) is 8.89. The number of sulfone groups is 1. The third-order valence-corrected chi connectivity index (χ3v) is 5.58. The molecule has 1 aliphatic heterocycles. The maximum absolute atomic E-state index is 11.5. The monoisotopic (exact) mass is 312 g/mol. The highest BCUT2D eigenvalue weighted by atomic mass is 32.2. The van der Waals surface area contributed by atoms with E-state index in [9.17, 15) is 8.42 Å². The fraction of sp³-hybridized carbons (Fsp3) is 0.714. The highest BCUT2D eigenvalue weighted by Gasteiger charge is 2.28. The molecule has 0 spiro atoms. The van der Waals surface area contributed by atoms with Crippen LogP contribution in [0.15, 0.2) is 0 Å². The van der Waals surface area contributed by atoms with Crippen molar-refractivity contribution in [1.82, 2.24) is 9.97 Å². The number of nitrogens with one attached hydrogen (secondary N) is 1. The van der Waals surface area contributed by atoms with Gasteiger partial charge in [0.15, 0.2) is 9.84 Å². The summed E-state index contributed by atoms with van der Waals surface area (Å²) in [6.07, 6.45) is 0.709. The Morgan fingerprint density at radius 1 is 1.33 bits per heavy atom. The molecule has 0 aromatic carbocycles. The van der Waals surface area contributed by atoms with Gasteiger partial charge in [-0.2, -0.15) is 0 Å². The van der Waals surface area contributed by atoms with E-state index in [1.807, 2.05) is 27.7 Å². The van der Waals surface area contributed by atoms with Gasteiger partial charge in [-0.3, -0.25) is 0 Å². The van der Waals surface area contributed by atoms with Crippen molar-refractivity contribution in [2.45, 2.75) is 39.5 Å². The average molecular weight is 312 g/mol. The molecule has 1 unspecified atom stereocenters. The van der Waals surface area contributed by atoms with Crippen LogP contribution in [0.25, 0.3) is 0 Å². The fourth-order valence-corrected chi connectivity index (χ4v) is 4.18. The van der Waals surface area contributed by atoms with Crippen LogP contribution in [0.1, 0.15) is 38.6 Å². The third kappa shape index (κ3) is 3.84. The molecule has 1 aliphatic rings. The smallest absolute Gasteiger partial charge is 0.150 e. The lowest BCUT2D eigenvalue weighted by atomic mass is 9.95. The summed E-state index contributed by atoms with van der Waals surface area (Å²) in [6, 6.07) is 0. The van der Waals surface area contributed by atoms with E-state index >= 15 is 0 Å². The Bertz CT molecular complexity index is 635. The van der Waals surface area contributed by atoms with Crippen molar-refractivity contribution < 1.29 is 8.42 Å². The van der Waals surface area contributed by atoms with Crippen molar-refractivity contribution in [3.05, 3.63) is 11.4 Å². The molecule has 2 rings (SSSR count). The number of hydrogen-bond donors (Lipinski definition) is 2. The Hall–Kier alpha value is -1.37. The van der Waals surface area contributed by atoms with Crippen molar-refractivity contribution in [2.24, 2.45) is 5.92 Å². The second kappa shape index (κ2) is 5.44. The van der Waals surface area contributed by atoms with E-state index in [0.29, 0.717) is 30.4 Å². The molecular weight excluding hydrogens is 288 g/mol. The van der Waals surface area contributed by atoms with Gasteiger partial charge in [0.2, 0.25) is 0 Å². The molecular formula is C14H24N4O2S. The number of nitrogens with two attached hydrogens (primary N) is 1. The van der Waals surface area contributed by atoms with Crippen LogP contribution in [-0.4, -0.2) is 36.4 Å². The molecule has 1 atom stereocenters. The van der Waals surface area contributed by atoms with Gasteiger partial charge in [0, 0.05) is 17.5 Å². The molecule has 6 nitrogen and oxygen atoms in total. The van der Waals surface area contributed by atoms with Crippen molar-refractivity contribution in [3.63, 3.8) is 0 Å². The molecule has 21 heavy (non-hydrogen) atoms. The lowest BCUT2D eigenvalue weighted by molar-refractivity contribution is 0.545. The largest absolute Gasteiger partial charge is 0.383 e. The molecule has 1 aromatic heterocycles. The lowest BCUT2D eigenvalue weighted by Gasteiger charge is -2.20. The second-order valence-corrected chi connectivity index (χ2v) is 9.03. The SMILES string of the molecule is Cc1c(N)nc(C(C)(C)C)nc1NCC1CCS(=O)(=O)C1. The molecule has 1 aromatic rings. The molecule has 0 aliphatic carbocycles. The summed E-state index contributed by atoms with van der Waals surface area (Å²) in [5, 5.41) is 3.25. The van der Waals surface area contributed by atoms with E-state index in [2.05, 4.69) is 15.3 Å². The Balaban J connectivity index is 2.15. The molecule has 0 radical (unpaired) electrons. The van der Waals surface area contributed by atoms with Crippen LogP contribution < -0.4 is 11.1 Å². The minimum atomic E-state index is -2.85. The highest BCUT2D eigenvalue weighted by Crippen LogP contribution is 2.25. The number of anilines is 2. The van der Waals surface area contributed by atoms with Gasteiger partial charge in [-0.05, 0) is 19.3 Å². The summed E-state index contributed by atoms with van der Waals surface area (Å²) in [7, 11) is -2.85. The van der Waals surface area contributed by atoms with Crippen molar-refractivity contribution in [3.8, 4) is 0 Å².